The summed E-state index contributed by atoms with van der Waals surface area (Å²) in [5, 5.41) is 46.5. The van der Waals surface area contributed by atoms with Gasteiger partial charge in [-0.3, -0.25) is 24.4 Å². The summed E-state index contributed by atoms with van der Waals surface area (Å²) in [6.45, 7) is 13.4. The van der Waals surface area contributed by atoms with Gasteiger partial charge in [0.2, 0.25) is 5.79 Å². The molecule has 18 nitrogen and oxygen atoms in total. The highest BCUT2D eigenvalue weighted by Gasteiger charge is 2.53. The first kappa shape index (κ1) is 59.7. The van der Waals surface area contributed by atoms with E-state index in [1.54, 1.807) is 66.0 Å². The molecule has 18 heteroatoms. The summed E-state index contributed by atoms with van der Waals surface area (Å²) in [4.78, 5) is 87.8. The second kappa shape index (κ2) is 27.6. The molecular weight excluding hydrogens is 943 g/mol. The van der Waals surface area contributed by atoms with Gasteiger partial charge in [0.1, 0.15) is 30.1 Å². The Labute approximate surface area is 432 Å². The summed E-state index contributed by atoms with van der Waals surface area (Å²) in [5.41, 5.74) is 0.913. The van der Waals surface area contributed by atoms with Crippen LogP contribution < -0.4 is 0 Å². The summed E-state index contributed by atoms with van der Waals surface area (Å²) in [6, 6.07) is -2.86. The predicted molar refractivity (Wildman–Crippen MR) is 270 cm³/mol. The number of nitrogens with zero attached hydrogens (tertiary/aromatic N) is 3. The van der Waals surface area contributed by atoms with Crippen LogP contribution in [0, 0.1) is 35.5 Å². The van der Waals surface area contributed by atoms with Crippen molar-refractivity contribution in [2.45, 2.75) is 180 Å². The fraction of sp³-hybridized carbons (Fsp3) is 0.745. The van der Waals surface area contributed by atoms with Gasteiger partial charge in [0.05, 0.1) is 37.6 Å². The number of urea groups is 1. The number of piperidine rings is 1. The van der Waals surface area contributed by atoms with Gasteiger partial charge in [-0.2, -0.15) is 5.06 Å². The molecule has 4 heterocycles. The molecule has 1 aliphatic carbocycles. The largest absolute Gasteiger partial charge is 0.460 e. The normalized spacial score (nSPS) is 38.5. The Hall–Kier alpha value is -4.14. The number of Topliss-reactive ketones (excluding diaryl/α,β-unsaturated/α-hetero) is 3. The van der Waals surface area contributed by atoms with Gasteiger partial charge in [0.15, 0.2) is 5.78 Å². The molecule has 4 fully saturated rings. The lowest BCUT2D eigenvalue weighted by Gasteiger charge is -2.43. The number of aliphatic hydroxyl groups is 3. The van der Waals surface area contributed by atoms with Gasteiger partial charge in [-0.1, -0.05) is 71.1 Å². The van der Waals surface area contributed by atoms with Crippen LogP contribution in [0.15, 0.2) is 47.6 Å². The monoisotopic (exact) mass is 1030 g/mol. The first-order valence-electron chi connectivity index (χ1n) is 26.6. The second-order valence-electron chi connectivity index (χ2n) is 21.6. The highest BCUT2D eigenvalue weighted by Crippen LogP contribution is 2.38. The van der Waals surface area contributed by atoms with Gasteiger partial charge in [0, 0.05) is 64.4 Å². The van der Waals surface area contributed by atoms with Crippen LogP contribution in [0.2, 0.25) is 0 Å². The van der Waals surface area contributed by atoms with E-state index in [-0.39, 0.29) is 80.7 Å². The minimum absolute atomic E-state index is 0.0180. The van der Waals surface area contributed by atoms with Crippen LogP contribution in [0.25, 0.3) is 0 Å². The Morgan fingerprint density at radius 2 is 1.59 bits per heavy atom. The highest BCUT2D eigenvalue weighted by molar-refractivity contribution is 6.39. The first-order chi connectivity index (χ1) is 34.6. The number of ether oxygens (including phenoxy) is 5. The summed E-state index contributed by atoms with van der Waals surface area (Å²) < 4.78 is 29.1. The zero-order chi connectivity index (χ0) is 53.7. The Balaban J connectivity index is 1.51. The highest BCUT2D eigenvalue weighted by atomic mass is 16.6. The summed E-state index contributed by atoms with van der Waals surface area (Å²) >= 11 is 0. The Morgan fingerprint density at radius 3 is 2.27 bits per heavy atom. The molecule has 0 aromatic carbocycles. The Morgan fingerprint density at radius 1 is 0.877 bits per heavy atom. The molecule has 0 aromatic rings. The van der Waals surface area contributed by atoms with Crippen molar-refractivity contribution >= 4 is 35.3 Å². The van der Waals surface area contributed by atoms with Crippen molar-refractivity contribution in [2.75, 3.05) is 47.1 Å². The van der Waals surface area contributed by atoms with Crippen LogP contribution in [0.3, 0.4) is 0 Å². The fourth-order valence-corrected chi connectivity index (χ4v) is 11.2. The number of hydrogen-bond donors (Lipinski definition) is 4. The van der Waals surface area contributed by atoms with Crippen molar-refractivity contribution in [3.05, 3.63) is 47.6 Å². The van der Waals surface area contributed by atoms with Crippen molar-refractivity contribution in [1.82, 2.24) is 14.9 Å². The van der Waals surface area contributed by atoms with Crippen LogP contribution in [0.4, 0.5) is 4.79 Å². The summed E-state index contributed by atoms with van der Waals surface area (Å²) in [6.07, 6.45) is 9.42. The number of carbonyl (C=O) groups excluding carboxylic acids is 6. The standard InChI is InChI=1S/C55H85N3O15/c1-33-15-11-10-12-16-34(2)43(58(68)54(66)56-23-25-71-26-24-56)31-41-20-18-39(7)55(67,73-41)51(63)52(64)57-22-14-13-17-42(57)53(65)72-46(36(4)29-40-19-21-44(59)47(30-40)69-8)32-45(60)35(3)28-38(6)49(62)50(70-9)48(61)37(5)27-33/h10-12,15-16,28,33,35-37,39-44,46-47,49-50,59,62,67-68H,13-14,17-27,29-32H2,1-9H3/b12-10+,15-11+,34-16+,38-28+/t33-,35-,36-,37-,39-,40+,41+,42+,43+,44-,46+,47-,49-,50+,55-/m1/s1. The minimum atomic E-state index is -2.61. The number of allylic oxidation sites excluding steroid dienone is 6. The van der Waals surface area contributed by atoms with Gasteiger partial charge < -0.3 is 48.8 Å². The summed E-state index contributed by atoms with van der Waals surface area (Å²) in [7, 11) is 2.91. The minimum Gasteiger partial charge on any atom is -0.460 e. The maximum atomic E-state index is 14.5. The van der Waals surface area contributed by atoms with Crippen molar-refractivity contribution in [3.63, 3.8) is 0 Å². The average Bonchev–Trinajstić information content (AvgIpc) is 3.38. The second-order valence-corrected chi connectivity index (χ2v) is 21.6. The number of hydrogen-bond acceptors (Lipinski definition) is 15. The number of amides is 3. The molecule has 1 saturated carbocycles. The number of rotatable bonds is 6. The van der Waals surface area contributed by atoms with E-state index in [9.17, 15) is 49.3 Å². The zero-order valence-electron chi connectivity index (χ0n) is 44.7. The smallest absolute Gasteiger partial charge is 0.344 e. The maximum absolute atomic E-state index is 14.5. The van der Waals surface area contributed by atoms with Crippen molar-refractivity contribution in [2.24, 2.45) is 35.5 Å². The molecule has 3 amide bonds. The topological polar surface area (TPSA) is 239 Å². The summed E-state index contributed by atoms with van der Waals surface area (Å²) in [5.74, 6) is -8.88. The third-order valence-corrected chi connectivity index (χ3v) is 16.0. The lowest BCUT2D eigenvalue weighted by Crippen LogP contribution is -2.61. The lowest BCUT2D eigenvalue weighted by molar-refractivity contribution is -0.266. The SMILES string of the molecule is CO[C@@H]1C[C@H](C[C@@H](C)[C@@H]2CC(=O)[C@H](C)/C=C(\C)[C@@H](O)[C@@H](OC)C(=O)[C@H](C)C[C@H](C)/C=C/C=C/C=C(\C)[C@@H](N(O)C(=O)N3CCOCC3)C[C@@H]3CC[C@@H](C)[C@@](O)(O3)C(=O)C(=O)N3CCCC[C@H]3C(=O)O2)CC[C@H]1O. The van der Waals surface area contributed by atoms with E-state index in [4.69, 9.17) is 23.7 Å². The van der Waals surface area contributed by atoms with Crippen LogP contribution in [0.1, 0.15) is 126 Å². The molecule has 0 radical (unpaired) electrons. The molecule has 4 N–H and O–H groups in total. The maximum Gasteiger partial charge on any atom is 0.344 e. The van der Waals surface area contributed by atoms with Crippen LogP contribution in [0.5, 0.6) is 0 Å². The lowest BCUT2D eigenvalue weighted by atomic mass is 9.78. The van der Waals surface area contributed by atoms with Crippen molar-refractivity contribution < 1.29 is 73.0 Å². The van der Waals surface area contributed by atoms with Gasteiger partial charge in [-0.25, -0.2) is 9.59 Å². The molecule has 3 saturated heterocycles. The zero-order valence-corrected chi connectivity index (χ0v) is 44.7. The molecule has 73 heavy (non-hydrogen) atoms. The fourth-order valence-electron chi connectivity index (χ4n) is 11.2. The van der Waals surface area contributed by atoms with E-state index in [0.717, 1.165) is 4.90 Å². The molecule has 2 bridgehead atoms. The number of fused-ring (bicyclic) bond motifs is 3. The number of methoxy groups -OCH3 is 2. The number of ketones is 3. The third kappa shape index (κ3) is 15.5. The van der Waals surface area contributed by atoms with Gasteiger partial charge in [-0.05, 0) is 107 Å². The van der Waals surface area contributed by atoms with E-state index in [0.29, 0.717) is 80.8 Å². The number of hydroxylamine groups is 2. The molecule has 0 spiro atoms. The molecule has 5 aliphatic rings. The quantitative estimate of drug-likeness (QED) is 0.0824. The first-order valence-corrected chi connectivity index (χ1v) is 26.6. The molecule has 410 valence electrons. The van der Waals surface area contributed by atoms with E-state index >= 15 is 0 Å². The van der Waals surface area contributed by atoms with E-state index in [1.165, 1.54) is 12.0 Å². The molecule has 0 unspecified atom stereocenters. The number of carbonyl (C=O) groups is 6. The molecule has 5 rings (SSSR count). The van der Waals surface area contributed by atoms with Crippen LogP contribution >= 0.6 is 0 Å². The number of esters is 1. The average molecular weight is 1030 g/mol. The van der Waals surface area contributed by atoms with E-state index < -0.39 is 89.8 Å². The molecule has 15 atom stereocenters. The number of morpholine rings is 1. The van der Waals surface area contributed by atoms with Crippen molar-refractivity contribution in [3.8, 4) is 0 Å². The number of aliphatic hydroxyl groups excluding tert-OH is 2. The van der Waals surface area contributed by atoms with Crippen molar-refractivity contribution in [1.29, 1.82) is 0 Å². The Kier molecular flexibility index (Phi) is 22.6. The van der Waals surface area contributed by atoms with Gasteiger partial charge in [0.25, 0.3) is 11.7 Å². The molecular formula is C55H85N3O15. The van der Waals surface area contributed by atoms with Crippen LogP contribution in [-0.4, -0.2) is 172 Å². The van der Waals surface area contributed by atoms with Crippen LogP contribution in [-0.2, 0) is 47.7 Å². The third-order valence-electron chi connectivity index (χ3n) is 16.0. The molecule has 0 aromatic heterocycles. The predicted octanol–water partition coefficient (Wildman–Crippen LogP) is 5.68. The van der Waals surface area contributed by atoms with E-state index in [2.05, 4.69) is 0 Å². The van der Waals surface area contributed by atoms with E-state index in [1.807, 2.05) is 26.0 Å². The van der Waals surface area contributed by atoms with Gasteiger partial charge in [-0.15, -0.1) is 0 Å². The Bertz CT molecular complexity index is 2030. The molecule has 4 aliphatic heterocycles. The number of cyclic esters (lactones) is 1. The van der Waals surface area contributed by atoms with Gasteiger partial charge >= 0.3 is 12.0 Å².